The van der Waals surface area contributed by atoms with Crippen molar-refractivity contribution >= 4 is 0 Å². The van der Waals surface area contributed by atoms with Crippen molar-refractivity contribution in [1.29, 1.82) is 0 Å². The number of nitrogens with one attached hydrogen (secondary N) is 1. The molecule has 0 radical (unpaired) electrons. The van der Waals surface area contributed by atoms with Gasteiger partial charge in [0.25, 0.3) is 0 Å². The molecule has 0 spiro atoms. The molecule has 1 N–H and O–H groups in total. The molecule has 2 bridgehead atoms. The smallest absolute Gasteiger partial charge is 0.0623 e. The van der Waals surface area contributed by atoms with Crippen LogP contribution in [0.15, 0.2) is 0 Å². The Morgan fingerprint density at radius 3 is 2.65 bits per heavy atom. The van der Waals surface area contributed by atoms with Crippen LogP contribution in [0.3, 0.4) is 0 Å². The molecule has 2 saturated heterocycles. The molecule has 2 nitrogen and oxygen atoms in total. The van der Waals surface area contributed by atoms with E-state index in [1.54, 1.807) is 0 Å². The van der Waals surface area contributed by atoms with Crippen molar-refractivity contribution in [1.82, 2.24) is 5.32 Å². The Morgan fingerprint density at radius 1 is 1.18 bits per heavy atom. The van der Waals surface area contributed by atoms with E-state index in [1.165, 1.54) is 57.9 Å². The normalized spacial score (nSPS) is 33.2. The number of fused-ring (bicyclic) bond motifs is 2. The predicted molar refractivity (Wildman–Crippen MR) is 72.2 cm³/mol. The van der Waals surface area contributed by atoms with Crippen molar-refractivity contribution in [3.63, 3.8) is 0 Å². The van der Waals surface area contributed by atoms with Gasteiger partial charge in [-0.3, -0.25) is 0 Å². The van der Waals surface area contributed by atoms with Gasteiger partial charge >= 0.3 is 0 Å². The van der Waals surface area contributed by atoms with Crippen LogP contribution in [0.1, 0.15) is 65.2 Å². The summed E-state index contributed by atoms with van der Waals surface area (Å²) >= 11 is 0. The molecule has 0 amide bonds. The molecular weight excluding hydrogens is 210 g/mol. The van der Waals surface area contributed by atoms with Crippen molar-refractivity contribution in [3.05, 3.63) is 0 Å². The lowest BCUT2D eigenvalue weighted by molar-refractivity contribution is 0.0847. The Bertz CT molecular complexity index is 219. The van der Waals surface area contributed by atoms with E-state index in [4.69, 9.17) is 4.74 Å². The van der Waals surface area contributed by atoms with E-state index >= 15 is 0 Å². The molecule has 2 aliphatic heterocycles. The number of unbranched alkanes of at least 4 members (excludes halogenated alkanes) is 2. The van der Waals surface area contributed by atoms with Crippen LogP contribution in [0.5, 0.6) is 0 Å². The maximum atomic E-state index is 6.01. The highest BCUT2D eigenvalue weighted by Crippen LogP contribution is 2.41. The topological polar surface area (TPSA) is 21.3 Å². The minimum atomic E-state index is 0.580. The van der Waals surface area contributed by atoms with E-state index in [-0.39, 0.29) is 0 Å². The molecule has 2 fully saturated rings. The van der Waals surface area contributed by atoms with Crippen molar-refractivity contribution in [3.8, 4) is 0 Å². The molecule has 2 heterocycles. The Kier molecular flexibility index (Phi) is 5.30. The van der Waals surface area contributed by atoms with Gasteiger partial charge in [-0.1, -0.05) is 33.1 Å². The van der Waals surface area contributed by atoms with Crippen LogP contribution >= 0.6 is 0 Å². The van der Waals surface area contributed by atoms with Crippen LogP contribution < -0.4 is 5.32 Å². The zero-order chi connectivity index (χ0) is 12.1. The van der Waals surface area contributed by atoms with E-state index < -0.39 is 0 Å². The number of ether oxygens (including phenoxy) is 1. The molecule has 4 unspecified atom stereocenters. The Morgan fingerprint density at radius 2 is 2.06 bits per heavy atom. The average molecular weight is 239 g/mol. The van der Waals surface area contributed by atoms with Crippen molar-refractivity contribution in [2.75, 3.05) is 6.54 Å². The molecule has 0 saturated carbocycles. The van der Waals surface area contributed by atoms with Gasteiger partial charge in [0.1, 0.15) is 0 Å². The fourth-order valence-electron chi connectivity index (χ4n) is 3.51. The standard InChI is InChI=1S/C15H29NO/c1-3-5-6-7-14(16-10-4-2)13-11-12-8-9-15(13)17-12/h12-16H,3-11H2,1-2H3. The highest BCUT2D eigenvalue weighted by atomic mass is 16.5. The lowest BCUT2D eigenvalue weighted by Crippen LogP contribution is -2.41. The Labute approximate surface area is 107 Å². The second-order valence-electron chi connectivity index (χ2n) is 5.83. The predicted octanol–water partition coefficient (Wildman–Crippen LogP) is 3.50. The maximum Gasteiger partial charge on any atom is 0.0623 e. The Hall–Kier alpha value is -0.0800. The summed E-state index contributed by atoms with van der Waals surface area (Å²) in [5, 5.41) is 3.78. The van der Waals surface area contributed by atoms with Crippen LogP contribution in [0.2, 0.25) is 0 Å². The van der Waals surface area contributed by atoms with Crippen LogP contribution in [0, 0.1) is 5.92 Å². The van der Waals surface area contributed by atoms with Crippen LogP contribution in [0.4, 0.5) is 0 Å². The maximum absolute atomic E-state index is 6.01. The summed E-state index contributed by atoms with van der Waals surface area (Å²) in [6, 6.07) is 0.719. The minimum absolute atomic E-state index is 0.580. The van der Waals surface area contributed by atoms with Gasteiger partial charge in [-0.25, -0.2) is 0 Å². The first-order valence-electron chi connectivity index (χ1n) is 7.74. The second kappa shape index (κ2) is 6.75. The van der Waals surface area contributed by atoms with Gasteiger partial charge in [-0.2, -0.15) is 0 Å². The summed E-state index contributed by atoms with van der Waals surface area (Å²) in [5.41, 5.74) is 0. The van der Waals surface area contributed by atoms with Crippen molar-refractivity contribution < 1.29 is 4.74 Å². The van der Waals surface area contributed by atoms with E-state index in [2.05, 4.69) is 19.2 Å². The van der Waals surface area contributed by atoms with E-state index in [0.29, 0.717) is 12.2 Å². The summed E-state index contributed by atoms with van der Waals surface area (Å²) in [5.74, 6) is 0.803. The highest BCUT2D eigenvalue weighted by molar-refractivity contribution is 4.95. The molecular formula is C15H29NO. The van der Waals surface area contributed by atoms with Crippen molar-refractivity contribution in [2.24, 2.45) is 5.92 Å². The quantitative estimate of drug-likeness (QED) is 0.655. The molecule has 100 valence electrons. The fourth-order valence-corrected chi connectivity index (χ4v) is 3.51. The molecule has 0 aromatic carbocycles. The molecule has 2 aliphatic rings. The van der Waals surface area contributed by atoms with Gasteiger partial charge in [-0.05, 0) is 38.6 Å². The van der Waals surface area contributed by atoms with Gasteiger partial charge < -0.3 is 10.1 Å². The first-order chi connectivity index (χ1) is 8.35. The zero-order valence-corrected chi connectivity index (χ0v) is 11.6. The fraction of sp³-hybridized carbons (Fsp3) is 1.00. The molecule has 4 atom stereocenters. The summed E-state index contributed by atoms with van der Waals surface area (Å²) in [6.45, 7) is 5.72. The van der Waals surface area contributed by atoms with Gasteiger partial charge in [0, 0.05) is 12.0 Å². The van der Waals surface area contributed by atoms with E-state index in [9.17, 15) is 0 Å². The minimum Gasteiger partial charge on any atom is -0.375 e. The average Bonchev–Trinajstić information content (AvgIpc) is 2.95. The highest BCUT2D eigenvalue weighted by Gasteiger charge is 2.43. The zero-order valence-electron chi connectivity index (χ0n) is 11.6. The third kappa shape index (κ3) is 3.45. The van der Waals surface area contributed by atoms with Gasteiger partial charge in [-0.15, -0.1) is 0 Å². The van der Waals surface area contributed by atoms with Crippen LogP contribution in [-0.2, 0) is 4.74 Å². The molecule has 17 heavy (non-hydrogen) atoms. The third-order valence-corrected chi connectivity index (χ3v) is 4.45. The Balaban J connectivity index is 1.81. The number of hydrogen-bond acceptors (Lipinski definition) is 2. The molecule has 2 rings (SSSR count). The lowest BCUT2D eigenvalue weighted by Gasteiger charge is -2.29. The monoisotopic (exact) mass is 239 g/mol. The van der Waals surface area contributed by atoms with Gasteiger partial charge in [0.05, 0.1) is 12.2 Å². The molecule has 0 aromatic heterocycles. The molecule has 0 aliphatic carbocycles. The van der Waals surface area contributed by atoms with E-state index in [0.717, 1.165) is 12.0 Å². The van der Waals surface area contributed by atoms with E-state index in [1.807, 2.05) is 0 Å². The summed E-state index contributed by atoms with van der Waals surface area (Å²) in [6.07, 6.45) is 11.8. The van der Waals surface area contributed by atoms with Gasteiger partial charge in [0.2, 0.25) is 0 Å². The second-order valence-corrected chi connectivity index (χ2v) is 5.83. The third-order valence-electron chi connectivity index (χ3n) is 4.45. The largest absolute Gasteiger partial charge is 0.375 e. The van der Waals surface area contributed by atoms with Crippen molar-refractivity contribution in [2.45, 2.75) is 83.5 Å². The molecule has 0 aromatic rings. The SMILES string of the molecule is CCCCCC(NCCC)C1CC2CCC1O2. The lowest BCUT2D eigenvalue weighted by atomic mass is 9.82. The molecule has 2 heteroatoms. The summed E-state index contributed by atoms with van der Waals surface area (Å²) in [7, 11) is 0. The van der Waals surface area contributed by atoms with Crippen LogP contribution in [-0.4, -0.2) is 24.8 Å². The first kappa shape index (κ1) is 13.4. The first-order valence-corrected chi connectivity index (χ1v) is 7.74. The van der Waals surface area contributed by atoms with Crippen LogP contribution in [0.25, 0.3) is 0 Å². The number of hydrogen-bond donors (Lipinski definition) is 1. The summed E-state index contributed by atoms with van der Waals surface area (Å²) in [4.78, 5) is 0. The number of rotatable bonds is 8. The summed E-state index contributed by atoms with van der Waals surface area (Å²) < 4.78 is 6.01. The van der Waals surface area contributed by atoms with Gasteiger partial charge in [0.15, 0.2) is 0 Å².